The molecule has 1 aromatic heterocycles. The van der Waals surface area contributed by atoms with Crippen LogP contribution in [0.1, 0.15) is 21.5 Å². The third-order valence-electron chi connectivity index (χ3n) is 4.98. The zero-order chi connectivity index (χ0) is 25.5. The number of pyridine rings is 1. The zero-order valence-corrected chi connectivity index (χ0v) is 18.7. The lowest BCUT2D eigenvalue weighted by Crippen LogP contribution is -2.17. The van der Waals surface area contributed by atoms with Crippen LogP contribution in [0.5, 0.6) is 17.5 Å². The quantitative estimate of drug-likeness (QED) is 0.286. The summed E-state index contributed by atoms with van der Waals surface area (Å²) in [6.45, 7) is 0.358. The van der Waals surface area contributed by atoms with E-state index in [0.717, 1.165) is 23.3 Å². The van der Waals surface area contributed by atoms with Crippen LogP contribution in [-0.4, -0.2) is 22.4 Å². The van der Waals surface area contributed by atoms with Crippen molar-refractivity contribution >= 4 is 5.97 Å². The van der Waals surface area contributed by atoms with Crippen LogP contribution in [0.25, 0.3) is 11.1 Å². The van der Waals surface area contributed by atoms with Crippen molar-refractivity contribution in [3.8, 4) is 28.6 Å². The standard InChI is InChI=1S/C27H20F3NO5/c28-27(29,30)36-22-14-20(13-21(15-22)26(32)33)23-11-12-24(34-16-18-7-3-1-4-8-18)31-25(23)35-17-19-9-5-2-6-10-19/h1-15H,16-17H2,(H,32,33). The molecule has 0 bridgehead atoms. The highest BCUT2D eigenvalue weighted by atomic mass is 19.4. The summed E-state index contributed by atoms with van der Waals surface area (Å²) in [5, 5.41) is 9.42. The Morgan fingerprint density at radius 1 is 0.806 bits per heavy atom. The van der Waals surface area contributed by atoms with Gasteiger partial charge in [-0.1, -0.05) is 60.7 Å². The number of aromatic carboxylic acids is 1. The summed E-state index contributed by atoms with van der Waals surface area (Å²) in [5.41, 5.74) is 1.76. The number of halogens is 3. The van der Waals surface area contributed by atoms with E-state index in [-0.39, 0.29) is 41.7 Å². The van der Waals surface area contributed by atoms with Crippen LogP contribution in [0.3, 0.4) is 0 Å². The molecule has 0 fully saturated rings. The molecule has 9 heteroatoms. The molecule has 4 rings (SSSR count). The third kappa shape index (κ3) is 6.75. The molecule has 0 radical (unpaired) electrons. The summed E-state index contributed by atoms with van der Waals surface area (Å²) in [4.78, 5) is 16.0. The Kier molecular flexibility index (Phi) is 7.39. The maximum Gasteiger partial charge on any atom is 0.573 e. The van der Waals surface area contributed by atoms with Crippen molar-refractivity contribution in [2.45, 2.75) is 19.6 Å². The van der Waals surface area contributed by atoms with Gasteiger partial charge in [0.25, 0.3) is 0 Å². The number of carbonyl (C=O) groups is 1. The van der Waals surface area contributed by atoms with Gasteiger partial charge in [0.05, 0.1) is 5.56 Å². The largest absolute Gasteiger partial charge is 0.573 e. The molecular formula is C27H20F3NO5. The number of rotatable bonds is 9. The van der Waals surface area contributed by atoms with Gasteiger partial charge < -0.3 is 19.3 Å². The molecule has 1 heterocycles. The van der Waals surface area contributed by atoms with Crippen molar-refractivity contribution in [2.24, 2.45) is 0 Å². The van der Waals surface area contributed by atoms with Crippen molar-refractivity contribution in [1.29, 1.82) is 0 Å². The van der Waals surface area contributed by atoms with Gasteiger partial charge in [0.15, 0.2) is 0 Å². The molecule has 6 nitrogen and oxygen atoms in total. The van der Waals surface area contributed by atoms with Crippen molar-refractivity contribution in [3.63, 3.8) is 0 Å². The first-order valence-corrected chi connectivity index (χ1v) is 10.8. The molecule has 0 atom stereocenters. The van der Waals surface area contributed by atoms with E-state index >= 15 is 0 Å². The Hall–Kier alpha value is -4.53. The number of hydrogen-bond donors (Lipinski definition) is 1. The summed E-state index contributed by atoms with van der Waals surface area (Å²) in [6, 6.07) is 24.8. The Balaban J connectivity index is 1.70. The van der Waals surface area contributed by atoms with Crippen LogP contribution in [-0.2, 0) is 13.2 Å². The van der Waals surface area contributed by atoms with E-state index in [1.807, 2.05) is 60.7 Å². The number of alkyl halides is 3. The molecule has 1 N–H and O–H groups in total. The second-order valence-corrected chi connectivity index (χ2v) is 7.65. The normalized spacial score (nSPS) is 11.1. The van der Waals surface area contributed by atoms with E-state index in [4.69, 9.17) is 9.47 Å². The van der Waals surface area contributed by atoms with Gasteiger partial charge in [-0.05, 0) is 41.0 Å². The predicted molar refractivity (Wildman–Crippen MR) is 125 cm³/mol. The molecule has 0 aliphatic heterocycles. The smallest absolute Gasteiger partial charge is 0.478 e. The predicted octanol–water partition coefficient (Wildman–Crippen LogP) is 6.50. The number of ether oxygens (including phenoxy) is 3. The average molecular weight is 495 g/mol. The molecule has 4 aromatic rings. The number of hydrogen-bond acceptors (Lipinski definition) is 5. The monoisotopic (exact) mass is 495 g/mol. The van der Waals surface area contributed by atoms with E-state index in [2.05, 4.69) is 9.72 Å². The Labute approximate surface area is 204 Å². The lowest BCUT2D eigenvalue weighted by Gasteiger charge is -2.15. The Bertz CT molecular complexity index is 1330. The number of carboxylic acid groups (broad SMARTS) is 1. The van der Waals surface area contributed by atoms with Crippen LogP contribution in [0.4, 0.5) is 13.2 Å². The topological polar surface area (TPSA) is 77.9 Å². The van der Waals surface area contributed by atoms with Crippen LogP contribution in [0.15, 0.2) is 91.0 Å². The van der Waals surface area contributed by atoms with Crippen LogP contribution >= 0.6 is 0 Å². The van der Waals surface area contributed by atoms with Gasteiger partial charge in [0, 0.05) is 11.6 Å². The summed E-state index contributed by atoms with van der Waals surface area (Å²) in [7, 11) is 0. The maximum absolute atomic E-state index is 12.9. The number of benzene rings is 3. The molecule has 0 unspecified atom stereocenters. The summed E-state index contributed by atoms with van der Waals surface area (Å²) in [6.07, 6.45) is -4.99. The highest BCUT2D eigenvalue weighted by Gasteiger charge is 2.31. The molecule has 3 aromatic carbocycles. The van der Waals surface area contributed by atoms with E-state index in [0.29, 0.717) is 0 Å². The molecule has 0 amide bonds. The van der Waals surface area contributed by atoms with Crippen molar-refractivity contribution in [1.82, 2.24) is 4.98 Å². The fourth-order valence-corrected chi connectivity index (χ4v) is 3.36. The highest BCUT2D eigenvalue weighted by molar-refractivity contribution is 5.90. The van der Waals surface area contributed by atoms with E-state index in [1.54, 1.807) is 6.07 Å². The van der Waals surface area contributed by atoms with E-state index < -0.39 is 18.1 Å². The van der Waals surface area contributed by atoms with Gasteiger partial charge in [0.2, 0.25) is 11.8 Å². The second-order valence-electron chi connectivity index (χ2n) is 7.65. The first-order chi connectivity index (χ1) is 17.3. The lowest BCUT2D eigenvalue weighted by atomic mass is 10.0. The van der Waals surface area contributed by atoms with Gasteiger partial charge in [-0.2, -0.15) is 4.98 Å². The highest BCUT2D eigenvalue weighted by Crippen LogP contribution is 2.35. The third-order valence-corrected chi connectivity index (χ3v) is 4.98. The Morgan fingerprint density at radius 3 is 2.00 bits per heavy atom. The Morgan fingerprint density at radius 2 is 1.42 bits per heavy atom. The van der Waals surface area contributed by atoms with Crippen molar-refractivity contribution in [2.75, 3.05) is 0 Å². The zero-order valence-electron chi connectivity index (χ0n) is 18.7. The van der Waals surface area contributed by atoms with Gasteiger partial charge >= 0.3 is 12.3 Å². The number of carboxylic acids is 1. The summed E-state index contributed by atoms with van der Waals surface area (Å²) >= 11 is 0. The van der Waals surface area contributed by atoms with Gasteiger partial charge in [-0.25, -0.2) is 4.79 Å². The molecule has 0 saturated carbocycles. The minimum absolute atomic E-state index is 0.0601. The number of aromatic nitrogens is 1. The fourth-order valence-electron chi connectivity index (χ4n) is 3.36. The molecule has 0 saturated heterocycles. The van der Waals surface area contributed by atoms with Gasteiger partial charge in [0.1, 0.15) is 19.0 Å². The summed E-state index contributed by atoms with van der Waals surface area (Å²) < 4.78 is 54.2. The first kappa shape index (κ1) is 24.6. The maximum atomic E-state index is 12.9. The molecule has 0 aliphatic rings. The van der Waals surface area contributed by atoms with Crippen molar-refractivity contribution < 1.29 is 37.3 Å². The van der Waals surface area contributed by atoms with Gasteiger partial charge in [-0.15, -0.1) is 13.2 Å². The molecular weight excluding hydrogens is 475 g/mol. The molecule has 36 heavy (non-hydrogen) atoms. The SMILES string of the molecule is O=C(O)c1cc(OC(F)(F)F)cc(-c2ccc(OCc3ccccc3)nc2OCc2ccccc2)c1. The molecule has 184 valence electrons. The second kappa shape index (κ2) is 10.8. The lowest BCUT2D eigenvalue weighted by molar-refractivity contribution is -0.274. The minimum atomic E-state index is -4.99. The van der Waals surface area contributed by atoms with E-state index in [1.165, 1.54) is 12.1 Å². The van der Waals surface area contributed by atoms with Crippen LogP contribution in [0.2, 0.25) is 0 Å². The number of nitrogens with zero attached hydrogens (tertiary/aromatic N) is 1. The molecule has 0 aliphatic carbocycles. The summed E-state index contributed by atoms with van der Waals surface area (Å²) in [5.74, 6) is -1.79. The average Bonchev–Trinajstić information content (AvgIpc) is 2.86. The minimum Gasteiger partial charge on any atom is -0.478 e. The van der Waals surface area contributed by atoms with Crippen LogP contribution < -0.4 is 14.2 Å². The molecule has 0 spiro atoms. The van der Waals surface area contributed by atoms with Crippen LogP contribution in [0, 0.1) is 0 Å². The van der Waals surface area contributed by atoms with Crippen molar-refractivity contribution in [3.05, 3.63) is 108 Å². The first-order valence-electron chi connectivity index (χ1n) is 10.8. The fraction of sp³-hybridized carbons (Fsp3) is 0.111. The van der Waals surface area contributed by atoms with E-state index in [9.17, 15) is 23.1 Å². The van der Waals surface area contributed by atoms with Gasteiger partial charge in [-0.3, -0.25) is 0 Å².